The van der Waals surface area contributed by atoms with Crippen molar-refractivity contribution >= 4 is 5.97 Å². The average Bonchev–Trinajstić information content (AvgIpc) is 2.83. The fraction of sp³-hybridized carbons (Fsp3) is 0.786. The minimum Gasteiger partial charge on any atom is -0.464 e. The zero-order valence-corrected chi connectivity index (χ0v) is 12.1. The van der Waals surface area contributed by atoms with E-state index < -0.39 is 5.97 Å². The zero-order chi connectivity index (χ0) is 13.8. The second-order valence-electron chi connectivity index (χ2n) is 5.66. The maximum absolute atomic E-state index is 11.7. The monoisotopic (exact) mass is 265 g/mol. The molecule has 5 heteroatoms. The van der Waals surface area contributed by atoms with Crippen molar-refractivity contribution in [3.8, 4) is 0 Å². The highest BCUT2D eigenvalue weighted by atomic mass is 16.5. The molecule has 1 aliphatic rings. The average molecular weight is 265 g/mol. The van der Waals surface area contributed by atoms with Crippen molar-refractivity contribution in [3.63, 3.8) is 0 Å². The molecule has 0 atom stereocenters. The number of hydrogen-bond acceptors (Lipinski definition) is 4. The molecule has 2 rings (SSSR count). The van der Waals surface area contributed by atoms with Gasteiger partial charge in [-0.3, -0.25) is 0 Å². The summed E-state index contributed by atoms with van der Waals surface area (Å²) in [5, 5.41) is 8.18. The van der Waals surface area contributed by atoms with Crippen molar-refractivity contribution in [2.24, 2.45) is 5.92 Å². The normalized spacial score (nSPS) is 16.8. The van der Waals surface area contributed by atoms with Crippen molar-refractivity contribution < 1.29 is 9.53 Å². The highest BCUT2D eigenvalue weighted by Crippen LogP contribution is 2.27. The van der Waals surface area contributed by atoms with E-state index in [4.69, 9.17) is 4.74 Å². The molecule has 1 aromatic heterocycles. The fourth-order valence-electron chi connectivity index (χ4n) is 2.88. The van der Waals surface area contributed by atoms with E-state index in [1.165, 1.54) is 39.2 Å². The van der Waals surface area contributed by atoms with Crippen LogP contribution in [0.1, 0.15) is 68.1 Å². The predicted molar refractivity (Wildman–Crippen MR) is 72.0 cm³/mol. The molecule has 0 aromatic carbocycles. The molecule has 1 fully saturated rings. The van der Waals surface area contributed by atoms with Crippen LogP contribution in [0.15, 0.2) is 0 Å². The van der Waals surface area contributed by atoms with Crippen molar-refractivity contribution in [1.82, 2.24) is 15.0 Å². The van der Waals surface area contributed by atoms with Gasteiger partial charge in [0.05, 0.1) is 12.8 Å². The minimum atomic E-state index is -0.390. The lowest BCUT2D eigenvalue weighted by atomic mass is 9.89. The van der Waals surface area contributed by atoms with Crippen molar-refractivity contribution in [3.05, 3.63) is 11.4 Å². The van der Waals surface area contributed by atoms with Gasteiger partial charge in [-0.25, -0.2) is 9.48 Å². The Balaban J connectivity index is 2.19. The molecule has 0 aliphatic heterocycles. The molecule has 5 nitrogen and oxygen atoms in total. The lowest BCUT2D eigenvalue weighted by Gasteiger charge is -2.22. The van der Waals surface area contributed by atoms with Gasteiger partial charge in [0.15, 0.2) is 5.69 Å². The molecule has 1 aliphatic carbocycles. The van der Waals surface area contributed by atoms with Crippen LogP contribution in [-0.4, -0.2) is 28.1 Å². The van der Waals surface area contributed by atoms with Crippen molar-refractivity contribution in [2.75, 3.05) is 7.11 Å². The largest absolute Gasteiger partial charge is 0.464 e. The molecular formula is C14H23N3O2. The van der Waals surface area contributed by atoms with Gasteiger partial charge in [-0.05, 0) is 24.7 Å². The number of methoxy groups -OCH3 is 1. The van der Waals surface area contributed by atoms with Gasteiger partial charge in [0.2, 0.25) is 0 Å². The van der Waals surface area contributed by atoms with E-state index in [1.807, 2.05) is 4.68 Å². The summed E-state index contributed by atoms with van der Waals surface area (Å²) in [7, 11) is 1.38. The first kappa shape index (κ1) is 14.0. The van der Waals surface area contributed by atoms with Gasteiger partial charge in [-0.15, -0.1) is 5.10 Å². The SMILES string of the molecule is COC(=O)c1nnn(CC2CCCCC2)c1C(C)C. The second-order valence-corrected chi connectivity index (χ2v) is 5.66. The zero-order valence-electron chi connectivity index (χ0n) is 12.1. The highest BCUT2D eigenvalue weighted by molar-refractivity contribution is 5.88. The molecule has 1 saturated carbocycles. The lowest BCUT2D eigenvalue weighted by Crippen LogP contribution is -2.18. The molecular weight excluding hydrogens is 242 g/mol. The number of carbonyl (C=O) groups is 1. The van der Waals surface area contributed by atoms with Crippen molar-refractivity contribution in [1.29, 1.82) is 0 Å². The van der Waals surface area contributed by atoms with E-state index in [0.717, 1.165) is 12.2 Å². The Kier molecular flexibility index (Phi) is 4.56. The second kappa shape index (κ2) is 6.17. The molecule has 0 N–H and O–H groups in total. The lowest BCUT2D eigenvalue weighted by molar-refractivity contribution is 0.0592. The van der Waals surface area contributed by atoms with E-state index in [2.05, 4.69) is 24.2 Å². The first-order chi connectivity index (χ1) is 9.13. The third-order valence-corrected chi connectivity index (χ3v) is 3.85. The molecule has 1 aromatic rings. The summed E-state index contributed by atoms with van der Waals surface area (Å²) in [6.07, 6.45) is 6.47. The van der Waals surface area contributed by atoms with Crippen LogP contribution in [0.3, 0.4) is 0 Å². The van der Waals surface area contributed by atoms with E-state index in [0.29, 0.717) is 11.6 Å². The van der Waals surface area contributed by atoms with Crippen molar-refractivity contribution in [2.45, 2.75) is 58.4 Å². The number of hydrogen-bond donors (Lipinski definition) is 0. The van der Waals surface area contributed by atoms with Gasteiger partial charge < -0.3 is 4.74 Å². The molecule has 1 heterocycles. The topological polar surface area (TPSA) is 57.0 Å². The summed E-state index contributed by atoms with van der Waals surface area (Å²) in [6.45, 7) is 4.99. The number of aromatic nitrogens is 3. The summed E-state index contributed by atoms with van der Waals surface area (Å²) < 4.78 is 6.69. The van der Waals surface area contributed by atoms with E-state index in [9.17, 15) is 4.79 Å². The molecule has 0 amide bonds. The van der Waals surface area contributed by atoms with Gasteiger partial charge in [0.1, 0.15) is 0 Å². The van der Waals surface area contributed by atoms with Crippen LogP contribution in [0, 0.1) is 5.92 Å². The molecule has 0 spiro atoms. The smallest absolute Gasteiger partial charge is 0.360 e. The summed E-state index contributed by atoms with van der Waals surface area (Å²) >= 11 is 0. The molecule has 0 radical (unpaired) electrons. The van der Waals surface area contributed by atoms with Crippen LogP contribution in [0.4, 0.5) is 0 Å². The van der Waals surface area contributed by atoms with Crippen LogP contribution in [0.25, 0.3) is 0 Å². The predicted octanol–water partition coefficient (Wildman–Crippen LogP) is 2.77. The third-order valence-electron chi connectivity index (χ3n) is 3.85. The standard InChI is InChI=1S/C14H23N3O2/c1-10(2)13-12(14(18)19-3)15-16-17(13)9-11-7-5-4-6-8-11/h10-11H,4-9H2,1-3H3. The van der Waals surface area contributed by atoms with Gasteiger partial charge in [0, 0.05) is 6.54 Å². The van der Waals surface area contributed by atoms with E-state index >= 15 is 0 Å². The number of rotatable bonds is 4. The Morgan fingerprint density at radius 3 is 2.63 bits per heavy atom. The first-order valence-corrected chi connectivity index (χ1v) is 7.15. The maximum atomic E-state index is 11.7. The highest BCUT2D eigenvalue weighted by Gasteiger charge is 2.24. The van der Waals surface area contributed by atoms with Crippen LogP contribution >= 0.6 is 0 Å². The van der Waals surface area contributed by atoms with Crippen LogP contribution < -0.4 is 0 Å². The Hall–Kier alpha value is -1.39. The minimum absolute atomic E-state index is 0.215. The molecule has 0 bridgehead atoms. The van der Waals surface area contributed by atoms with Gasteiger partial charge in [-0.2, -0.15) is 0 Å². The summed E-state index contributed by atoms with van der Waals surface area (Å²) in [6, 6.07) is 0. The number of carbonyl (C=O) groups excluding carboxylic acids is 1. The molecule has 106 valence electrons. The van der Waals surface area contributed by atoms with Gasteiger partial charge in [-0.1, -0.05) is 38.3 Å². The Morgan fingerprint density at radius 1 is 1.37 bits per heavy atom. The number of nitrogens with zero attached hydrogens (tertiary/aromatic N) is 3. The van der Waals surface area contributed by atoms with E-state index in [1.54, 1.807) is 0 Å². The maximum Gasteiger partial charge on any atom is 0.360 e. The molecule has 0 saturated heterocycles. The fourth-order valence-corrected chi connectivity index (χ4v) is 2.88. The summed E-state index contributed by atoms with van der Waals surface area (Å²) in [4.78, 5) is 11.7. The van der Waals surface area contributed by atoms with Gasteiger partial charge in [0.25, 0.3) is 0 Å². The third kappa shape index (κ3) is 3.14. The molecule has 19 heavy (non-hydrogen) atoms. The molecule has 0 unspecified atom stereocenters. The van der Waals surface area contributed by atoms with Crippen LogP contribution in [0.5, 0.6) is 0 Å². The Labute approximate surface area is 114 Å². The number of ether oxygens (including phenoxy) is 1. The summed E-state index contributed by atoms with van der Waals surface area (Å²) in [5.41, 5.74) is 1.27. The first-order valence-electron chi connectivity index (χ1n) is 7.15. The Bertz CT molecular complexity index is 434. The Morgan fingerprint density at radius 2 is 2.05 bits per heavy atom. The quantitative estimate of drug-likeness (QED) is 0.785. The number of esters is 1. The summed E-state index contributed by atoms with van der Waals surface area (Å²) in [5.74, 6) is 0.490. The van der Waals surface area contributed by atoms with Gasteiger partial charge >= 0.3 is 5.97 Å². The van der Waals surface area contributed by atoms with E-state index in [-0.39, 0.29) is 5.92 Å². The van der Waals surface area contributed by atoms with Crippen LogP contribution in [0.2, 0.25) is 0 Å². The van der Waals surface area contributed by atoms with Crippen LogP contribution in [-0.2, 0) is 11.3 Å².